The monoisotopic (exact) mass is 266 g/mol. The van der Waals surface area contributed by atoms with Crippen molar-refractivity contribution in [2.45, 2.75) is 19.9 Å². The molecule has 5 heteroatoms. The second-order valence-corrected chi connectivity index (χ2v) is 4.28. The van der Waals surface area contributed by atoms with E-state index in [9.17, 15) is 9.18 Å². The van der Waals surface area contributed by atoms with Gasteiger partial charge in [-0.3, -0.25) is 9.48 Å². The summed E-state index contributed by atoms with van der Waals surface area (Å²) in [5, 5.41) is 4.31. The topological polar surface area (TPSA) is 34.9 Å². The van der Waals surface area contributed by atoms with Crippen molar-refractivity contribution in [1.82, 2.24) is 9.78 Å². The van der Waals surface area contributed by atoms with Gasteiger partial charge in [-0.15, -0.1) is 0 Å². The van der Waals surface area contributed by atoms with Crippen LogP contribution in [0.4, 0.5) is 4.39 Å². The van der Waals surface area contributed by atoms with Crippen molar-refractivity contribution < 1.29 is 9.18 Å². The second kappa shape index (κ2) is 5.31. The molecule has 1 heterocycles. The molecule has 1 aromatic heterocycles. The number of carbonyl (C=O) groups is 1. The fourth-order valence-corrected chi connectivity index (χ4v) is 1.98. The van der Waals surface area contributed by atoms with Crippen LogP contribution in [0.3, 0.4) is 0 Å². The molecule has 1 aromatic carbocycles. The molecule has 0 fully saturated rings. The van der Waals surface area contributed by atoms with Crippen molar-refractivity contribution in [3.63, 3.8) is 0 Å². The van der Waals surface area contributed by atoms with E-state index in [-0.39, 0.29) is 17.2 Å². The fourth-order valence-electron chi connectivity index (χ4n) is 1.75. The Bertz CT molecular complexity index is 580. The Balaban J connectivity index is 2.21. The molecule has 2 aromatic rings. The molecule has 0 bridgehead atoms. The van der Waals surface area contributed by atoms with Gasteiger partial charge in [-0.05, 0) is 30.7 Å². The lowest BCUT2D eigenvalue weighted by molar-refractivity contribution is 0.0982. The Kier molecular flexibility index (Phi) is 3.77. The summed E-state index contributed by atoms with van der Waals surface area (Å²) in [7, 11) is 0. The van der Waals surface area contributed by atoms with Crippen molar-refractivity contribution in [2.24, 2.45) is 0 Å². The molecule has 3 nitrogen and oxygen atoms in total. The zero-order valence-electron chi connectivity index (χ0n) is 9.86. The van der Waals surface area contributed by atoms with Gasteiger partial charge >= 0.3 is 0 Å². The summed E-state index contributed by atoms with van der Waals surface area (Å²) in [6.45, 7) is 2.54. The number of aryl methyl sites for hydroxylation is 1. The average molecular weight is 267 g/mol. The number of rotatable bonds is 4. The van der Waals surface area contributed by atoms with Crippen LogP contribution >= 0.6 is 11.6 Å². The first kappa shape index (κ1) is 12.8. The summed E-state index contributed by atoms with van der Waals surface area (Å²) in [6.07, 6.45) is 1.73. The van der Waals surface area contributed by atoms with Crippen LogP contribution in [-0.4, -0.2) is 15.6 Å². The number of aromatic nitrogens is 2. The smallest absolute Gasteiger partial charge is 0.185 e. The molecule has 0 aliphatic heterocycles. The van der Waals surface area contributed by atoms with Gasteiger partial charge in [-0.2, -0.15) is 5.10 Å². The van der Waals surface area contributed by atoms with Crippen molar-refractivity contribution in [1.29, 1.82) is 0 Å². The lowest BCUT2D eigenvalue weighted by Crippen LogP contribution is -2.11. The summed E-state index contributed by atoms with van der Waals surface area (Å²) < 4.78 is 14.5. The number of hydrogen-bond donors (Lipinski definition) is 0. The van der Waals surface area contributed by atoms with E-state index in [1.54, 1.807) is 16.9 Å². The molecule has 0 saturated heterocycles. The average Bonchev–Trinajstić information content (AvgIpc) is 2.81. The summed E-state index contributed by atoms with van der Waals surface area (Å²) in [5.41, 5.74) is 1.16. The Hall–Kier alpha value is -1.68. The first-order chi connectivity index (χ1) is 8.61. The maximum absolute atomic E-state index is 12.9. The molecular weight excluding hydrogens is 255 g/mol. The van der Waals surface area contributed by atoms with Crippen LogP contribution in [-0.2, 0) is 13.0 Å². The van der Waals surface area contributed by atoms with Crippen LogP contribution in [0.15, 0.2) is 30.5 Å². The molecule has 0 aliphatic rings. The molecule has 0 radical (unpaired) electrons. The van der Waals surface area contributed by atoms with E-state index < -0.39 is 5.82 Å². The van der Waals surface area contributed by atoms with E-state index in [0.29, 0.717) is 17.8 Å². The molecule has 0 spiro atoms. The van der Waals surface area contributed by atoms with Gasteiger partial charge < -0.3 is 0 Å². The molecule has 0 amide bonds. The number of nitrogens with zero attached hydrogens (tertiary/aromatic N) is 2. The zero-order chi connectivity index (χ0) is 13.1. The number of Topliss-reactive ketones (excluding diaryl/α,β-unsaturated/α-hetero) is 1. The minimum Gasteiger partial charge on any atom is -0.292 e. The van der Waals surface area contributed by atoms with Crippen molar-refractivity contribution in [2.75, 3.05) is 0 Å². The van der Waals surface area contributed by atoms with Gasteiger partial charge in [0, 0.05) is 24.2 Å². The van der Waals surface area contributed by atoms with Crippen LogP contribution in [0, 0.1) is 5.82 Å². The third-order valence-electron chi connectivity index (χ3n) is 2.67. The van der Waals surface area contributed by atoms with Gasteiger partial charge in [0.05, 0.1) is 0 Å². The molecule has 0 atom stereocenters. The zero-order valence-corrected chi connectivity index (χ0v) is 10.6. The Morgan fingerprint density at radius 3 is 2.89 bits per heavy atom. The summed E-state index contributed by atoms with van der Waals surface area (Å²) in [5.74, 6) is -0.488. The maximum Gasteiger partial charge on any atom is 0.185 e. The molecule has 0 saturated carbocycles. The van der Waals surface area contributed by atoms with E-state index in [2.05, 4.69) is 5.10 Å². The first-order valence-electron chi connectivity index (χ1n) is 5.60. The van der Waals surface area contributed by atoms with Crippen LogP contribution in [0.5, 0.6) is 0 Å². The lowest BCUT2D eigenvalue weighted by atomic mass is 10.1. The Morgan fingerprint density at radius 1 is 1.44 bits per heavy atom. The minimum absolute atomic E-state index is 0.0807. The molecule has 0 aliphatic carbocycles. The Morgan fingerprint density at radius 2 is 2.22 bits per heavy atom. The number of halogens is 2. The molecule has 0 N–H and O–H groups in total. The van der Waals surface area contributed by atoms with Crippen LogP contribution in [0.1, 0.15) is 23.0 Å². The normalized spacial score (nSPS) is 10.6. The van der Waals surface area contributed by atoms with Crippen molar-refractivity contribution in [3.8, 4) is 0 Å². The minimum atomic E-state index is -0.408. The number of benzene rings is 1. The molecule has 94 valence electrons. The van der Waals surface area contributed by atoms with Gasteiger partial charge in [0.2, 0.25) is 0 Å². The lowest BCUT2D eigenvalue weighted by Gasteiger charge is -2.05. The van der Waals surface area contributed by atoms with Crippen LogP contribution < -0.4 is 0 Å². The predicted octanol–water partition coefficient (Wildman–Crippen LogP) is 3.12. The highest BCUT2D eigenvalue weighted by Crippen LogP contribution is 2.19. The Labute approximate surface area is 109 Å². The maximum atomic E-state index is 12.9. The highest BCUT2D eigenvalue weighted by molar-refractivity contribution is 6.31. The molecule has 2 rings (SSSR count). The number of hydrogen-bond acceptors (Lipinski definition) is 2. The third-order valence-corrected chi connectivity index (χ3v) is 3.02. The fraction of sp³-hybridized carbons (Fsp3) is 0.231. The summed E-state index contributed by atoms with van der Waals surface area (Å²) in [4.78, 5) is 12.1. The third kappa shape index (κ3) is 2.59. The second-order valence-electron chi connectivity index (χ2n) is 3.87. The molecular formula is C13H12ClFN2O. The summed E-state index contributed by atoms with van der Waals surface area (Å²) in [6, 6.07) is 5.71. The van der Waals surface area contributed by atoms with Gasteiger partial charge in [0.25, 0.3) is 0 Å². The standard InChI is InChI=1S/C13H12ClFN2O/c1-2-17-12(5-6-16-17)13(18)7-9-3-4-10(15)8-11(9)14/h3-6,8H,2,7H2,1H3. The SMILES string of the molecule is CCn1nccc1C(=O)Cc1ccc(F)cc1Cl. The van der Waals surface area contributed by atoms with Crippen molar-refractivity contribution >= 4 is 17.4 Å². The van der Waals surface area contributed by atoms with Crippen molar-refractivity contribution in [3.05, 3.63) is 52.6 Å². The first-order valence-corrected chi connectivity index (χ1v) is 5.98. The quantitative estimate of drug-likeness (QED) is 0.797. The molecule has 18 heavy (non-hydrogen) atoms. The van der Waals surface area contributed by atoms with E-state index in [0.717, 1.165) is 0 Å². The van der Waals surface area contributed by atoms with Gasteiger partial charge in [-0.1, -0.05) is 17.7 Å². The van der Waals surface area contributed by atoms with Gasteiger partial charge in [0.1, 0.15) is 11.5 Å². The number of ketones is 1. The molecule has 0 unspecified atom stereocenters. The van der Waals surface area contributed by atoms with E-state index in [1.165, 1.54) is 18.2 Å². The van der Waals surface area contributed by atoms with Gasteiger partial charge in [0.15, 0.2) is 5.78 Å². The van der Waals surface area contributed by atoms with Gasteiger partial charge in [-0.25, -0.2) is 4.39 Å². The number of carbonyl (C=O) groups excluding carboxylic acids is 1. The summed E-state index contributed by atoms with van der Waals surface area (Å²) >= 11 is 5.89. The van der Waals surface area contributed by atoms with Crippen LogP contribution in [0.25, 0.3) is 0 Å². The van der Waals surface area contributed by atoms with Crippen LogP contribution in [0.2, 0.25) is 5.02 Å². The highest BCUT2D eigenvalue weighted by Gasteiger charge is 2.13. The van der Waals surface area contributed by atoms with E-state index in [4.69, 9.17) is 11.6 Å². The van der Waals surface area contributed by atoms with E-state index >= 15 is 0 Å². The largest absolute Gasteiger partial charge is 0.292 e. The highest BCUT2D eigenvalue weighted by atomic mass is 35.5. The predicted molar refractivity (Wildman–Crippen MR) is 67.3 cm³/mol. The van der Waals surface area contributed by atoms with E-state index in [1.807, 2.05) is 6.92 Å².